The molecule has 1 N–H and O–H groups in total. The Balaban J connectivity index is 1.51. The second-order valence-corrected chi connectivity index (χ2v) is 7.37. The Hall–Kier alpha value is -3.12. The van der Waals surface area contributed by atoms with Crippen LogP contribution in [-0.4, -0.2) is 30.8 Å². The fourth-order valence-electron chi connectivity index (χ4n) is 3.40. The Morgan fingerprint density at radius 1 is 1.00 bits per heavy atom. The predicted octanol–water partition coefficient (Wildman–Crippen LogP) is 4.83. The maximum absolute atomic E-state index is 12.5. The standard InChI is InChI=1S/C21H17NO4S/c1-22(19-11-10-18(27-19)20(23)24)21(25)26-12-17-15-8-4-2-6-13(15)14-7-3-5-9-16(14)17/h2-11,17H,12H2,1H3,(H,23,24). The van der Waals surface area contributed by atoms with Gasteiger partial charge in [-0.05, 0) is 34.4 Å². The average molecular weight is 379 g/mol. The zero-order chi connectivity index (χ0) is 19.0. The van der Waals surface area contributed by atoms with Gasteiger partial charge in [-0.3, -0.25) is 4.90 Å². The van der Waals surface area contributed by atoms with Crippen molar-refractivity contribution in [2.45, 2.75) is 5.92 Å². The van der Waals surface area contributed by atoms with E-state index in [0.717, 1.165) is 22.5 Å². The number of carboxylic acid groups (broad SMARTS) is 1. The van der Waals surface area contributed by atoms with Gasteiger partial charge in [-0.25, -0.2) is 9.59 Å². The largest absolute Gasteiger partial charge is 0.477 e. The molecule has 136 valence electrons. The van der Waals surface area contributed by atoms with Crippen LogP contribution < -0.4 is 4.90 Å². The summed E-state index contributed by atoms with van der Waals surface area (Å²) in [4.78, 5) is 25.0. The summed E-state index contributed by atoms with van der Waals surface area (Å²) in [6.07, 6.45) is -0.504. The summed E-state index contributed by atoms with van der Waals surface area (Å²) in [5.41, 5.74) is 4.65. The predicted molar refractivity (Wildman–Crippen MR) is 105 cm³/mol. The first-order chi connectivity index (χ1) is 13.1. The molecule has 6 heteroatoms. The molecule has 0 saturated heterocycles. The first kappa shape index (κ1) is 17.3. The number of thiophene rings is 1. The van der Waals surface area contributed by atoms with E-state index >= 15 is 0 Å². The summed E-state index contributed by atoms with van der Waals surface area (Å²) in [6, 6.07) is 19.4. The number of aromatic carboxylic acids is 1. The normalized spacial score (nSPS) is 12.3. The molecule has 4 rings (SSSR count). The number of amides is 1. The molecule has 0 atom stereocenters. The summed E-state index contributed by atoms with van der Waals surface area (Å²) in [5.74, 6) is -1.01. The monoisotopic (exact) mass is 379 g/mol. The van der Waals surface area contributed by atoms with Crippen LogP contribution in [0.2, 0.25) is 0 Å². The molecule has 0 unspecified atom stereocenters. The molecule has 27 heavy (non-hydrogen) atoms. The first-order valence-electron chi connectivity index (χ1n) is 8.48. The van der Waals surface area contributed by atoms with Gasteiger partial charge in [-0.15, -0.1) is 11.3 Å². The van der Waals surface area contributed by atoms with Crippen LogP contribution >= 0.6 is 11.3 Å². The van der Waals surface area contributed by atoms with E-state index in [1.807, 2.05) is 24.3 Å². The number of carboxylic acids is 1. The van der Waals surface area contributed by atoms with Crippen LogP contribution in [0.1, 0.15) is 26.7 Å². The molecule has 1 aliphatic rings. The van der Waals surface area contributed by atoms with Crippen molar-refractivity contribution >= 4 is 28.4 Å². The summed E-state index contributed by atoms with van der Waals surface area (Å²) in [5, 5.41) is 9.56. The second-order valence-electron chi connectivity index (χ2n) is 6.31. The van der Waals surface area contributed by atoms with E-state index in [9.17, 15) is 9.59 Å². The fraction of sp³-hybridized carbons (Fsp3) is 0.143. The van der Waals surface area contributed by atoms with E-state index < -0.39 is 12.1 Å². The van der Waals surface area contributed by atoms with Gasteiger partial charge in [0, 0.05) is 13.0 Å². The summed E-state index contributed by atoms with van der Waals surface area (Å²) >= 11 is 1.04. The van der Waals surface area contributed by atoms with Crippen molar-refractivity contribution in [3.05, 3.63) is 76.7 Å². The number of ether oxygens (including phenoxy) is 1. The van der Waals surface area contributed by atoms with Crippen LogP contribution in [0.4, 0.5) is 9.80 Å². The van der Waals surface area contributed by atoms with Crippen molar-refractivity contribution in [2.24, 2.45) is 0 Å². The first-order valence-corrected chi connectivity index (χ1v) is 9.29. The highest BCUT2D eigenvalue weighted by molar-refractivity contribution is 7.18. The molecule has 0 fully saturated rings. The van der Waals surface area contributed by atoms with Crippen LogP contribution in [-0.2, 0) is 4.74 Å². The number of nitrogens with zero attached hydrogens (tertiary/aromatic N) is 1. The molecule has 0 radical (unpaired) electrons. The Bertz CT molecular complexity index is 981. The van der Waals surface area contributed by atoms with Crippen LogP contribution in [0, 0.1) is 0 Å². The maximum atomic E-state index is 12.5. The lowest BCUT2D eigenvalue weighted by Crippen LogP contribution is -2.27. The van der Waals surface area contributed by atoms with Gasteiger partial charge >= 0.3 is 12.1 Å². The number of fused-ring (bicyclic) bond motifs is 3. The van der Waals surface area contributed by atoms with Gasteiger partial charge in [0.05, 0.1) is 0 Å². The number of hydrogen-bond donors (Lipinski definition) is 1. The highest BCUT2D eigenvalue weighted by Crippen LogP contribution is 2.44. The number of benzene rings is 2. The van der Waals surface area contributed by atoms with Crippen LogP contribution in [0.3, 0.4) is 0 Å². The van der Waals surface area contributed by atoms with E-state index in [2.05, 4.69) is 24.3 Å². The number of hydrogen-bond acceptors (Lipinski definition) is 4. The minimum absolute atomic E-state index is 0.00679. The van der Waals surface area contributed by atoms with Gasteiger partial charge in [-0.2, -0.15) is 0 Å². The van der Waals surface area contributed by atoms with E-state index in [-0.39, 0.29) is 17.4 Å². The topological polar surface area (TPSA) is 66.8 Å². The molecule has 1 amide bonds. The van der Waals surface area contributed by atoms with Gasteiger partial charge in [0.15, 0.2) is 0 Å². The van der Waals surface area contributed by atoms with Gasteiger partial charge in [0.25, 0.3) is 0 Å². The summed E-state index contributed by atoms with van der Waals surface area (Å²) in [7, 11) is 1.58. The maximum Gasteiger partial charge on any atom is 0.414 e. The second kappa shape index (κ2) is 6.89. The zero-order valence-electron chi connectivity index (χ0n) is 14.6. The molecular formula is C21H17NO4S. The smallest absolute Gasteiger partial charge is 0.414 e. The van der Waals surface area contributed by atoms with Gasteiger partial charge < -0.3 is 9.84 Å². The highest BCUT2D eigenvalue weighted by atomic mass is 32.1. The van der Waals surface area contributed by atoms with E-state index in [4.69, 9.17) is 9.84 Å². The van der Waals surface area contributed by atoms with Crippen molar-refractivity contribution in [3.8, 4) is 11.1 Å². The number of rotatable bonds is 4. The molecule has 1 aliphatic carbocycles. The lowest BCUT2D eigenvalue weighted by atomic mass is 9.98. The van der Waals surface area contributed by atoms with E-state index in [1.54, 1.807) is 13.1 Å². The summed E-state index contributed by atoms with van der Waals surface area (Å²) < 4.78 is 5.57. The quantitative estimate of drug-likeness (QED) is 0.705. The number of carbonyl (C=O) groups is 2. The number of anilines is 1. The molecule has 5 nitrogen and oxygen atoms in total. The molecule has 1 heterocycles. The average Bonchev–Trinajstić information content (AvgIpc) is 3.29. The SMILES string of the molecule is CN(C(=O)OCC1c2ccccc2-c2ccccc21)c1ccc(C(=O)O)s1. The van der Waals surface area contributed by atoms with Crippen molar-refractivity contribution in [1.29, 1.82) is 0 Å². The molecule has 0 spiro atoms. The number of carbonyl (C=O) groups excluding carboxylic acids is 1. The van der Waals surface area contributed by atoms with Crippen molar-refractivity contribution < 1.29 is 19.4 Å². The molecule has 3 aromatic rings. The Kier molecular flexibility index (Phi) is 4.41. The Morgan fingerprint density at radius 3 is 2.15 bits per heavy atom. The van der Waals surface area contributed by atoms with Gasteiger partial charge in [-0.1, -0.05) is 48.5 Å². The minimum atomic E-state index is -1.01. The Labute approximate surface area is 160 Å². The molecular weight excluding hydrogens is 362 g/mol. The van der Waals surface area contributed by atoms with Crippen molar-refractivity contribution in [1.82, 2.24) is 0 Å². The minimum Gasteiger partial charge on any atom is -0.477 e. The third kappa shape index (κ3) is 3.08. The van der Waals surface area contributed by atoms with Gasteiger partial charge in [0.1, 0.15) is 16.5 Å². The fourth-order valence-corrected chi connectivity index (χ4v) is 4.20. The Morgan fingerprint density at radius 2 is 1.59 bits per heavy atom. The van der Waals surface area contributed by atoms with Crippen LogP contribution in [0.25, 0.3) is 11.1 Å². The lowest BCUT2D eigenvalue weighted by Gasteiger charge is -2.18. The molecule has 0 saturated carbocycles. The van der Waals surface area contributed by atoms with Crippen molar-refractivity contribution in [3.63, 3.8) is 0 Å². The van der Waals surface area contributed by atoms with E-state index in [0.29, 0.717) is 5.00 Å². The van der Waals surface area contributed by atoms with Crippen LogP contribution in [0.5, 0.6) is 0 Å². The third-order valence-corrected chi connectivity index (χ3v) is 5.89. The zero-order valence-corrected chi connectivity index (χ0v) is 15.4. The lowest BCUT2D eigenvalue weighted by molar-refractivity contribution is 0.0702. The molecule has 0 bridgehead atoms. The third-order valence-electron chi connectivity index (χ3n) is 4.74. The van der Waals surface area contributed by atoms with Crippen molar-refractivity contribution in [2.75, 3.05) is 18.6 Å². The highest BCUT2D eigenvalue weighted by Gasteiger charge is 2.29. The van der Waals surface area contributed by atoms with Crippen LogP contribution in [0.15, 0.2) is 60.7 Å². The summed E-state index contributed by atoms with van der Waals surface area (Å²) in [6.45, 7) is 0.231. The van der Waals surface area contributed by atoms with E-state index in [1.165, 1.54) is 22.1 Å². The molecule has 1 aromatic heterocycles. The molecule has 2 aromatic carbocycles. The molecule has 0 aliphatic heterocycles. The van der Waals surface area contributed by atoms with Gasteiger partial charge in [0.2, 0.25) is 0 Å².